The van der Waals surface area contributed by atoms with E-state index in [1.54, 1.807) is 13.8 Å². The van der Waals surface area contributed by atoms with E-state index >= 15 is 0 Å². The van der Waals surface area contributed by atoms with Crippen molar-refractivity contribution in [2.24, 2.45) is 5.73 Å². The highest BCUT2D eigenvalue weighted by atomic mass is 79.9. The third kappa shape index (κ3) is 3.61. The lowest BCUT2D eigenvalue weighted by Gasteiger charge is -2.22. The Morgan fingerprint density at radius 2 is 2.12 bits per heavy atom. The summed E-state index contributed by atoms with van der Waals surface area (Å²) in [6.45, 7) is 5.32. The lowest BCUT2D eigenvalue weighted by Crippen LogP contribution is -2.49. The Balaban J connectivity index is 2.73. The third-order valence-electron chi connectivity index (χ3n) is 2.28. The monoisotopic (exact) mass is 284 g/mol. The molecule has 1 aromatic carbocycles. The van der Waals surface area contributed by atoms with Crippen molar-refractivity contribution in [2.75, 3.05) is 0 Å². The quantitative estimate of drug-likeness (QED) is 0.895. The molecule has 0 radical (unpaired) electrons. The third-order valence-corrected chi connectivity index (χ3v) is 2.77. The van der Waals surface area contributed by atoms with Crippen molar-refractivity contribution in [3.05, 3.63) is 34.3 Å². The Kier molecular flexibility index (Phi) is 4.10. The molecule has 88 valence electrons. The fourth-order valence-electron chi connectivity index (χ4n) is 1.24. The van der Waals surface area contributed by atoms with Crippen LogP contribution in [0.5, 0.6) is 0 Å². The second-order valence-corrected chi connectivity index (χ2v) is 5.39. The predicted molar refractivity (Wildman–Crippen MR) is 69.0 cm³/mol. The molecule has 3 N–H and O–H groups in total. The normalized spacial score (nSPS) is 13.3. The highest BCUT2D eigenvalue weighted by molar-refractivity contribution is 9.10. The van der Waals surface area contributed by atoms with E-state index in [-0.39, 0.29) is 11.9 Å². The van der Waals surface area contributed by atoms with Crippen LogP contribution >= 0.6 is 15.9 Å². The minimum atomic E-state index is -0.847. The second-order valence-electron chi connectivity index (χ2n) is 4.47. The molecule has 1 rings (SSSR count). The first-order chi connectivity index (χ1) is 7.30. The molecule has 0 spiro atoms. The van der Waals surface area contributed by atoms with Crippen LogP contribution in [-0.2, 0) is 4.79 Å². The number of nitrogens with one attached hydrogen (secondary N) is 1. The summed E-state index contributed by atoms with van der Waals surface area (Å²) in [5, 5.41) is 2.88. The van der Waals surface area contributed by atoms with Gasteiger partial charge in [-0.15, -0.1) is 0 Å². The number of halogens is 1. The lowest BCUT2D eigenvalue weighted by molar-refractivity contribution is -0.125. The van der Waals surface area contributed by atoms with Crippen molar-refractivity contribution in [3.8, 4) is 0 Å². The molecule has 4 heteroatoms. The molecule has 0 saturated heterocycles. The molecule has 0 aliphatic carbocycles. The summed E-state index contributed by atoms with van der Waals surface area (Å²) in [4.78, 5) is 11.7. The van der Waals surface area contributed by atoms with Gasteiger partial charge in [0.05, 0.1) is 11.6 Å². The first-order valence-corrected chi connectivity index (χ1v) is 5.95. The maximum Gasteiger partial charge on any atom is 0.239 e. The van der Waals surface area contributed by atoms with Crippen LogP contribution in [0.25, 0.3) is 0 Å². The summed E-state index contributed by atoms with van der Waals surface area (Å²) in [7, 11) is 0. The summed E-state index contributed by atoms with van der Waals surface area (Å²) in [6, 6.07) is 7.79. The molecular weight excluding hydrogens is 268 g/mol. The average Bonchev–Trinajstić information content (AvgIpc) is 2.16. The van der Waals surface area contributed by atoms with Gasteiger partial charge in [-0.3, -0.25) is 4.79 Å². The van der Waals surface area contributed by atoms with Gasteiger partial charge in [-0.1, -0.05) is 28.1 Å². The highest BCUT2D eigenvalue weighted by Gasteiger charge is 2.23. The average molecular weight is 285 g/mol. The Bertz CT molecular complexity index is 385. The van der Waals surface area contributed by atoms with E-state index in [0.29, 0.717) is 0 Å². The molecule has 0 aliphatic rings. The van der Waals surface area contributed by atoms with Gasteiger partial charge in [0, 0.05) is 4.47 Å². The summed E-state index contributed by atoms with van der Waals surface area (Å²) in [5.41, 5.74) is 5.92. The van der Waals surface area contributed by atoms with E-state index in [2.05, 4.69) is 21.2 Å². The Morgan fingerprint density at radius 1 is 1.50 bits per heavy atom. The van der Waals surface area contributed by atoms with E-state index < -0.39 is 5.54 Å². The van der Waals surface area contributed by atoms with Crippen LogP contribution in [0.3, 0.4) is 0 Å². The molecule has 0 heterocycles. The Hall–Kier alpha value is -0.870. The number of amides is 1. The van der Waals surface area contributed by atoms with Gasteiger partial charge in [0.15, 0.2) is 0 Å². The molecular formula is C12H17BrN2O. The minimum absolute atomic E-state index is 0.0483. The Morgan fingerprint density at radius 3 is 2.62 bits per heavy atom. The summed E-state index contributed by atoms with van der Waals surface area (Å²) in [5.74, 6) is -0.153. The van der Waals surface area contributed by atoms with Crippen LogP contribution < -0.4 is 11.1 Å². The maximum absolute atomic E-state index is 11.7. The van der Waals surface area contributed by atoms with Gasteiger partial charge >= 0.3 is 0 Å². The van der Waals surface area contributed by atoms with Crippen LogP contribution in [0.1, 0.15) is 32.4 Å². The molecule has 0 aliphatic heterocycles. The van der Waals surface area contributed by atoms with Crippen LogP contribution in [-0.4, -0.2) is 11.4 Å². The van der Waals surface area contributed by atoms with Gasteiger partial charge in [0.25, 0.3) is 0 Å². The molecule has 16 heavy (non-hydrogen) atoms. The van der Waals surface area contributed by atoms with Crippen LogP contribution in [0.2, 0.25) is 0 Å². The van der Waals surface area contributed by atoms with Gasteiger partial charge in [-0.05, 0) is 38.5 Å². The number of carbonyl (C=O) groups excluding carboxylic acids is 1. The summed E-state index contributed by atoms with van der Waals surface area (Å²) in [6.07, 6.45) is 0. The van der Waals surface area contributed by atoms with Crippen molar-refractivity contribution in [2.45, 2.75) is 32.4 Å². The zero-order valence-corrected chi connectivity index (χ0v) is 11.3. The Labute approximate surface area is 105 Å². The van der Waals surface area contributed by atoms with E-state index in [1.807, 2.05) is 31.2 Å². The maximum atomic E-state index is 11.7. The van der Waals surface area contributed by atoms with Gasteiger partial charge in [0.2, 0.25) is 5.91 Å². The second kappa shape index (κ2) is 4.97. The van der Waals surface area contributed by atoms with Crippen LogP contribution in [0.15, 0.2) is 28.7 Å². The van der Waals surface area contributed by atoms with Crippen molar-refractivity contribution < 1.29 is 4.79 Å². The van der Waals surface area contributed by atoms with Crippen molar-refractivity contribution in [3.63, 3.8) is 0 Å². The van der Waals surface area contributed by atoms with Crippen molar-refractivity contribution in [1.82, 2.24) is 5.32 Å². The number of carbonyl (C=O) groups is 1. The number of hydrogen-bond donors (Lipinski definition) is 2. The zero-order chi connectivity index (χ0) is 12.3. The first kappa shape index (κ1) is 13.2. The van der Waals surface area contributed by atoms with Gasteiger partial charge in [0.1, 0.15) is 0 Å². The number of nitrogens with two attached hydrogens (primary N) is 1. The minimum Gasteiger partial charge on any atom is -0.348 e. The molecule has 1 aromatic rings. The lowest BCUT2D eigenvalue weighted by atomic mass is 10.0. The largest absolute Gasteiger partial charge is 0.348 e. The summed E-state index contributed by atoms with van der Waals surface area (Å²) >= 11 is 3.40. The SMILES string of the molecule is C[C@H](NC(=O)C(C)(C)N)c1cccc(Br)c1. The van der Waals surface area contributed by atoms with E-state index in [9.17, 15) is 4.79 Å². The fraction of sp³-hybridized carbons (Fsp3) is 0.417. The summed E-state index contributed by atoms with van der Waals surface area (Å²) < 4.78 is 0.998. The number of rotatable bonds is 3. The molecule has 1 atom stereocenters. The van der Waals surface area contributed by atoms with Gasteiger partial charge in [-0.25, -0.2) is 0 Å². The number of benzene rings is 1. The standard InChI is InChI=1S/C12H17BrN2O/c1-8(15-11(16)12(2,3)14)9-5-4-6-10(13)7-9/h4-8H,14H2,1-3H3,(H,15,16)/t8-/m0/s1. The molecule has 0 aromatic heterocycles. The van der Waals surface area contributed by atoms with Crippen molar-refractivity contribution >= 4 is 21.8 Å². The van der Waals surface area contributed by atoms with Crippen LogP contribution in [0.4, 0.5) is 0 Å². The van der Waals surface area contributed by atoms with Gasteiger partial charge < -0.3 is 11.1 Å². The molecule has 0 unspecified atom stereocenters. The molecule has 0 saturated carbocycles. The van der Waals surface area contributed by atoms with E-state index in [0.717, 1.165) is 10.0 Å². The van der Waals surface area contributed by atoms with Gasteiger partial charge in [-0.2, -0.15) is 0 Å². The van der Waals surface area contributed by atoms with Crippen LogP contribution in [0, 0.1) is 0 Å². The molecule has 0 bridgehead atoms. The van der Waals surface area contributed by atoms with E-state index in [1.165, 1.54) is 0 Å². The topological polar surface area (TPSA) is 55.1 Å². The zero-order valence-electron chi connectivity index (χ0n) is 9.75. The molecule has 1 amide bonds. The number of hydrogen-bond acceptors (Lipinski definition) is 2. The molecule has 3 nitrogen and oxygen atoms in total. The smallest absolute Gasteiger partial charge is 0.239 e. The van der Waals surface area contributed by atoms with E-state index in [4.69, 9.17) is 5.73 Å². The molecule has 0 fully saturated rings. The fourth-order valence-corrected chi connectivity index (χ4v) is 1.66. The first-order valence-electron chi connectivity index (χ1n) is 5.16. The predicted octanol–water partition coefficient (Wildman–Crippen LogP) is 2.36. The highest BCUT2D eigenvalue weighted by Crippen LogP contribution is 2.18. The van der Waals surface area contributed by atoms with Crippen molar-refractivity contribution in [1.29, 1.82) is 0 Å².